The number of aliphatic hydroxyl groups is 1. The predicted molar refractivity (Wildman–Crippen MR) is 76.9 cm³/mol. The van der Waals surface area contributed by atoms with Gasteiger partial charge in [0.05, 0.1) is 6.54 Å². The van der Waals surface area contributed by atoms with E-state index in [9.17, 15) is 0 Å². The van der Waals surface area contributed by atoms with E-state index in [0.29, 0.717) is 34.8 Å². The van der Waals surface area contributed by atoms with Gasteiger partial charge in [0.25, 0.3) is 5.89 Å². The number of furan rings is 1. The van der Waals surface area contributed by atoms with E-state index >= 15 is 0 Å². The van der Waals surface area contributed by atoms with E-state index in [2.05, 4.69) is 44.9 Å². The zero-order chi connectivity index (χ0) is 14.5. The topological polar surface area (TPSA) is 75.5 Å². The van der Waals surface area contributed by atoms with Crippen LogP contribution in [0.3, 0.4) is 0 Å². The molecular weight excluding hydrogens is 326 g/mol. The SMILES string of the molecule is CC(C)N(CCCO)Cc1nnc(-c2ccc(Br)o2)o1. The quantitative estimate of drug-likeness (QED) is 0.832. The van der Waals surface area contributed by atoms with Crippen LogP contribution in [0.25, 0.3) is 11.7 Å². The van der Waals surface area contributed by atoms with E-state index in [-0.39, 0.29) is 6.61 Å². The second-order valence-electron chi connectivity index (χ2n) is 4.75. The first-order chi connectivity index (χ1) is 9.60. The second-order valence-corrected chi connectivity index (χ2v) is 5.53. The Labute approximate surface area is 125 Å². The summed E-state index contributed by atoms with van der Waals surface area (Å²) in [6.07, 6.45) is 0.726. The fourth-order valence-corrected chi connectivity index (χ4v) is 2.12. The van der Waals surface area contributed by atoms with Crippen molar-refractivity contribution < 1.29 is 13.9 Å². The molecule has 0 fully saturated rings. The number of halogens is 1. The summed E-state index contributed by atoms with van der Waals surface area (Å²) < 4.78 is 11.6. The van der Waals surface area contributed by atoms with Crippen molar-refractivity contribution in [1.29, 1.82) is 0 Å². The predicted octanol–water partition coefficient (Wildman–Crippen LogP) is 2.68. The molecule has 0 saturated heterocycles. The van der Waals surface area contributed by atoms with Gasteiger partial charge in [-0.05, 0) is 48.3 Å². The monoisotopic (exact) mass is 343 g/mol. The molecule has 7 heteroatoms. The minimum Gasteiger partial charge on any atom is -0.444 e. The zero-order valence-electron chi connectivity index (χ0n) is 11.5. The van der Waals surface area contributed by atoms with Crippen LogP contribution in [-0.4, -0.2) is 39.4 Å². The molecule has 0 aliphatic heterocycles. The number of nitrogens with zero attached hydrogens (tertiary/aromatic N) is 3. The molecule has 0 saturated carbocycles. The average Bonchev–Trinajstić information content (AvgIpc) is 3.02. The van der Waals surface area contributed by atoms with Gasteiger partial charge in [-0.25, -0.2) is 0 Å². The van der Waals surface area contributed by atoms with Crippen LogP contribution in [0, 0.1) is 0 Å². The Bertz CT molecular complexity index is 538. The molecule has 1 N–H and O–H groups in total. The minimum atomic E-state index is 0.179. The van der Waals surface area contributed by atoms with Crippen LogP contribution in [0.4, 0.5) is 0 Å². The molecule has 0 bridgehead atoms. The average molecular weight is 344 g/mol. The lowest BCUT2D eigenvalue weighted by atomic mass is 10.3. The summed E-state index contributed by atoms with van der Waals surface area (Å²) in [5.41, 5.74) is 0. The first kappa shape index (κ1) is 15.2. The number of hydrogen-bond acceptors (Lipinski definition) is 6. The molecule has 2 aromatic rings. The molecule has 20 heavy (non-hydrogen) atoms. The summed E-state index contributed by atoms with van der Waals surface area (Å²) in [6, 6.07) is 3.89. The first-order valence-corrected chi connectivity index (χ1v) is 7.32. The number of hydrogen-bond donors (Lipinski definition) is 1. The van der Waals surface area contributed by atoms with Gasteiger partial charge in [-0.15, -0.1) is 10.2 Å². The van der Waals surface area contributed by atoms with Crippen LogP contribution in [0.15, 0.2) is 25.6 Å². The Morgan fingerprint density at radius 3 is 2.70 bits per heavy atom. The highest BCUT2D eigenvalue weighted by molar-refractivity contribution is 9.10. The molecule has 0 unspecified atom stereocenters. The Morgan fingerprint density at radius 1 is 1.30 bits per heavy atom. The molecule has 0 aliphatic carbocycles. The van der Waals surface area contributed by atoms with Crippen LogP contribution in [-0.2, 0) is 6.54 Å². The van der Waals surface area contributed by atoms with Gasteiger partial charge in [0.1, 0.15) is 0 Å². The van der Waals surface area contributed by atoms with E-state index < -0.39 is 0 Å². The first-order valence-electron chi connectivity index (χ1n) is 6.53. The van der Waals surface area contributed by atoms with Crippen LogP contribution in [0.1, 0.15) is 26.2 Å². The van der Waals surface area contributed by atoms with Gasteiger partial charge in [0.15, 0.2) is 10.4 Å². The van der Waals surface area contributed by atoms with Crippen LogP contribution < -0.4 is 0 Å². The van der Waals surface area contributed by atoms with Gasteiger partial charge in [0.2, 0.25) is 5.89 Å². The fraction of sp³-hybridized carbons (Fsp3) is 0.538. The third-order valence-corrected chi connectivity index (χ3v) is 3.35. The number of aliphatic hydroxyl groups excluding tert-OH is 1. The summed E-state index contributed by atoms with van der Waals surface area (Å²) in [7, 11) is 0. The fourth-order valence-electron chi connectivity index (χ4n) is 1.81. The highest BCUT2D eigenvalue weighted by Gasteiger charge is 2.16. The van der Waals surface area contributed by atoms with Gasteiger partial charge < -0.3 is 13.9 Å². The second kappa shape index (κ2) is 7.01. The largest absolute Gasteiger partial charge is 0.444 e. The van der Waals surface area contributed by atoms with E-state index in [0.717, 1.165) is 13.0 Å². The maximum atomic E-state index is 8.92. The highest BCUT2D eigenvalue weighted by atomic mass is 79.9. The maximum Gasteiger partial charge on any atom is 0.283 e. The summed E-state index contributed by atoms with van der Waals surface area (Å²) in [5.74, 6) is 1.46. The maximum absolute atomic E-state index is 8.92. The Kier molecular flexibility index (Phi) is 5.33. The number of rotatable bonds is 7. The van der Waals surface area contributed by atoms with Gasteiger partial charge in [0, 0.05) is 19.2 Å². The van der Waals surface area contributed by atoms with Gasteiger partial charge >= 0.3 is 0 Å². The van der Waals surface area contributed by atoms with Crippen LogP contribution in [0.5, 0.6) is 0 Å². The molecule has 0 amide bonds. The standard InChI is InChI=1S/C13H18BrN3O3/c1-9(2)17(6-3-7-18)8-12-15-16-13(20-12)10-4-5-11(14)19-10/h4-5,9,18H,3,6-8H2,1-2H3. The van der Waals surface area contributed by atoms with Crippen LogP contribution in [0.2, 0.25) is 0 Å². The van der Waals surface area contributed by atoms with Crippen molar-refractivity contribution in [2.24, 2.45) is 0 Å². The molecule has 6 nitrogen and oxygen atoms in total. The normalized spacial score (nSPS) is 11.7. The molecule has 2 aromatic heterocycles. The molecule has 0 atom stereocenters. The minimum absolute atomic E-state index is 0.179. The number of aromatic nitrogens is 2. The van der Waals surface area contributed by atoms with Crippen molar-refractivity contribution in [2.75, 3.05) is 13.2 Å². The molecule has 0 radical (unpaired) electrons. The van der Waals surface area contributed by atoms with Crippen molar-refractivity contribution >= 4 is 15.9 Å². The van der Waals surface area contributed by atoms with Crippen LogP contribution >= 0.6 is 15.9 Å². The van der Waals surface area contributed by atoms with E-state index in [1.807, 2.05) is 0 Å². The molecule has 0 aliphatic rings. The molecule has 2 heterocycles. The van der Waals surface area contributed by atoms with E-state index in [4.69, 9.17) is 13.9 Å². The zero-order valence-corrected chi connectivity index (χ0v) is 13.1. The lowest BCUT2D eigenvalue weighted by Gasteiger charge is -2.24. The van der Waals surface area contributed by atoms with Crippen molar-refractivity contribution in [1.82, 2.24) is 15.1 Å². The lowest BCUT2D eigenvalue weighted by molar-refractivity contribution is 0.171. The van der Waals surface area contributed by atoms with Crippen molar-refractivity contribution in [3.05, 3.63) is 22.7 Å². The Hall–Kier alpha value is -1.18. The molecule has 2 rings (SSSR count). The van der Waals surface area contributed by atoms with Crippen molar-refractivity contribution in [3.8, 4) is 11.7 Å². The molecule has 0 spiro atoms. The summed E-state index contributed by atoms with van der Waals surface area (Å²) in [6.45, 7) is 5.72. The lowest BCUT2D eigenvalue weighted by Crippen LogP contribution is -2.31. The molecule has 0 aromatic carbocycles. The summed E-state index contributed by atoms with van der Waals surface area (Å²) in [4.78, 5) is 2.17. The van der Waals surface area contributed by atoms with Crippen molar-refractivity contribution in [3.63, 3.8) is 0 Å². The third kappa shape index (κ3) is 3.91. The Balaban J connectivity index is 2.04. The van der Waals surface area contributed by atoms with Crippen molar-refractivity contribution in [2.45, 2.75) is 32.9 Å². The van der Waals surface area contributed by atoms with E-state index in [1.165, 1.54) is 0 Å². The van der Waals surface area contributed by atoms with Gasteiger partial charge in [-0.1, -0.05) is 0 Å². The summed E-state index contributed by atoms with van der Waals surface area (Å²) in [5, 5.41) is 16.9. The van der Waals surface area contributed by atoms with Gasteiger partial charge in [-0.3, -0.25) is 4.90 Å². The molecular formula is C13H18BrN3O3. The Morgan fingerprint density at radius 2 is 2.10 bits per heavy atom. The smallest absolute Gasteiger partial charge is 0.283 e. The third-order valence-electron chi connectivity index (χ3n) is 2.92. The highest BCUT2D eigenvalue weighted by Crippen LogP contribution is 2.24. The van der Waals surface area contributed by atoms with Gasteiger partial charge in [-0.2, -0.15) is 0 Å². The van der Waals surface area contributed by atoms with E-state index in [1.54, 1.807) is 12.1 Å². The molecule has 110 valence electrons. The summed E-state index contributed by atoms with van der Waals surface area (Å²) >= 11 is 3.24.